The molecule has 0 bridgehead atoms. The SMILES string of the molecule is O=C1N(Cc2ccncc2)CCC12CCN(CCC(c1ccccc1)c1ccccc1)CC2. The first-order valence-electron chi connectivity index (χ1n) is 12.2. The van der Waals surface area contributed by atoms with Crippen LogP contribution in [-0.4, -0.2) is 46.9 Å². The standard InChI is InChI=1S/C29H33N3O/c33-28-29(16-22-32(28)23-24-11-17-30-18-12-24)14-20-31(21-15-29)19-13-27(25-7-3-1-4-8-25)26-9-5-2-6-10-26/h1-12,17-18,27H,13-16,19-23H2. The van der Waals surface area contributed by atoms with Gasteiger partial charge in [-0.2, -0.15) is 0 Å². The minimum Gasteiger partial charge on any atom is -0.338 e. The fourth-order valence-corrected chi connectivity index (χ4v) is 5.63. The second-order valence-corrected chi connectivity index (χ2v) is 9.62. The third-order valence-corrected chi connectivity index (χ3v) is 7.68. The van der Waals surface area contributed by atoms with Crippen LogP contribution in [0.25, 0.3) is 0 Å². The van der Waals surface area contributed by atoms with Crippen molar-refractivity contribution >= 4 is 5.91 Å². The first-order valence-corrected chi connectivity index (χ1v) is 12.2. The normalized spacial score (nSPS) is 18.3. The van der Waals surface area contributed by atoms with E-state index >= 15 is 0 Å². The van der Waals surface area contributed by atoms with Gasteiger partial charge in [-0.1, -0.05) is 60.7 Å². The lowest BCUT2D eigenvalue weighted by molar-refractivity contribution is -0.138. The molecule has 4 heteroatoms. The summed E-state index contributed by atoms with van der Waals surface area (Å²) in [6.07, 6.45) is 7.69. The number of pyridine rings is 1. The van der Waals surface area contributed by atoms with Gasteiger partial charge in [0, 0.05) is 31.4 Å². The van der Waals surface area contributed by atoms with E-state index in [4.69, 9.17) is 0 Å². The molecule has 3 aromatic rings. The van der Waals surface area contributed by atoms with E-state index in [-0.39, 0.29) is 5.41 Å². The van der Waals surface area contributed by atoms with Crippen molar-refractivity contribution in [3.8, 4) is 0 Å². The second-order valence-electron chi connectivity index (χ2n) is 9.62. The second kappa shape index (κ2) is 9.88. The summed E-state index contributed by atoms with van der Waals surface area (Å²) >= 11 is 0. The number of hydrogen-bond acceptors (Lipinski definition) is 3. The Labute approximate surface area is 197 Å². The van der Waals surface area contributed by atoms with Crippen molar-refractivity contribution in [3.63, 3.8) is 0 Å². The molecule has 1 aromatic heterocycles. The summed E-state index contributed by atoms with van der Waals surface area (Å²) < 4.78 is 0. The molecule has 2 fully saturated rings. The van der Waals surface area contributed by atoms with E-state index in [1.165, 1.54) is 16.7 Å². The molecular weight excluding hydrogens is 406 g/mol. The van der Waals surface area contributed by atoms with E-state index < -0.39 is 0 Å². The van der Waals surface area contributed by atoms with Gasteiger partial charge in [-0.15, -0.1) is 0 Å². The molecule has 0 atom stereocenters. The number of likely N-dealkylation sites (tertiary alicyclic amines) is 2. The number of nitrogens with zero attached hydrogens (tertiary/aromatic N) is 3. The van der Waals surface area contributed by atoms with Crippen molar-refractivity contribution in [1.82, 2.24) is 14.8 Å². The topological polar surface area (TPSA) is 36.4 Å². The number of piperidine rings is 1. The maximum Gasteiger partial charge on any atom is 0.229 e. The predicted octanol–water partition coefficient (Wildman–Crippen LogP) is 5.12. The number of carbonyl (C=O) groups excluding carboxylic acids is 1. The quantitative estimate of drug-likeness (QED) is 0.513. The van der Waals surface area contributed by atoms with E-state index in [1.807, 2.05) is 24.5 Å². The van der Waals surface area contributed by atoms with Gasteiger partial charge in [0.1, 0.15) is 0 Å². The van der Waals surface area contributed by atoms with Crippen LogP contribution in [-0.2, 0) is 11.3 Å². The van der Waals surface area contributed by atoms with Gasteiger partial charge < -0.3 is 9.80 Å². The molecule has 2 aromatic carbocycles. The van der Waals surface area contributed by atoms with Gasteiger partial charge in [0.15, 0.2) is 0 Å². The highest BCUT2D eigenvalue weighted by Crippen LogP contribution is 2.42. The smallest absolute Gasteiger partial charge is 0.229 e. The van der Waals surface area contributed by atoms with E-state index in [0.29, 0.717) is 18.4 Å². The largest absolute Gasteiger partial charge is 0.338 e. The van der Waals surface area contributed by atoms with Crippen molar-refractivity contribution in [2.45, 2.75) is 38.1 Å². The molecule has 0 saturated carbocycles. The Balaban J connectivity index is 1.19. The fourth-order valence-electron chi connectivity index (χ4n) is 5.63. The third-order valence-electron chi connectivity index (χ3n) is 7.68. The van der Waals surface area contributed by atoms with Crippen LogP contribution < -0.4 is 0 Å². The van der Waals surface area contributed by atoms with Gasteiger partial charge in [0.2, 0.25) is 5.91 Å². The van der Waals surface area contributed by atoms with Crippen LogP contribution in [0, 0.1) is 5.41 Å². The molecule has 3 heterocycles. The van der Waals surface area contributed by atoms with Crippen molar-refractivity contribution in [2.75, 3.05) is 26.2 Å². The molecule has 2 aliphatic rings. The average Bonchev–Trinajstić information content (AvgIpc) is 3.17. The van der Waals surface area contributed by atoms with E-state index in [9.17, 15) is 4.79 Å². The van der Waals surface area contributed by atoms with Crippen LogP contribution in [0.4, 0.5) is 0 Å². The van der Waals surface area contributed by atoms with Crippen LogP contribution in [0.3, 0.4) is 0 Å². The van der Waals surface area contributed by atoms with Crippen molar-refractivity contribution in [3.05, 3.63) is 102 Å². The molecule has 0 radical (unpaired) electrons. The Bertz CT molecular complexity index is 991. The molecule has 0 aliphatic carbocycles. The Hall–Kier alpha value is -2.98. The summed E-state index contributed by atoms with van der Waals surface area (Å²) in [5, 5.41) is 0. The zero-order valence-corrected chi connectivity index (χ0v) is 19.3. The summed E-state index contributed by atoms with van der Waals surface area (Å²) in [6, 6.07) is 25.7. The van der Waals surface area contributed by atoms with Crippen LogP contribution >= 0.6 is 0 Å². The Morgan fingerprint density at radius 2 is 1.36 bits per heavy atom. The van der Waals surface area contributed by atoms with Crippen molar-refractivity contribution in [2.24, 2.45) is 5.41 Å². The Kier molecular flexibility index (Phi) is 6.54. The lowest BCUT2D eigenvalue weighted by Crippen LogP contribution is -2.45. The third kappa shape index (κ3) is 4.86. The number of rotatable bonds is 7. The molecule has 2 saturated heterocycles. The number of benzene rings is 2. The fraction of sp³-hybridized carbons (Fsp3) is 0.379. The number of carbonyl (C=O) groups is 1. The molecule has 4 nitrogen and oxygen atoms in total. The van der Waals surface area contributed by atoms with Gasteiger partial charge >= 0.3 is 0 Å². The Morgan fingerprint density at radius 3 is 1.97 bits per heavy atom. The molecule has 1 spiro atoms. The first-order chi connectivity index (χ1) is 16.2. The van der Waals surface area contributed by atoms with Crippen LogP contribution in [0.1, 0.15) is 48.3 Å². The highest BCUT2D eigenvalue weighted by molar-refractivity contribution is 5.85. The molecule has 0 N–H and O–H groups in total. The van der Waals surface area contributed by atoms with Crippen molar-refractivity contribution in [1.29, 1.82) is 0 Å². The van der Waals surface area contributed by atoms with Crippen LogP contribution in [0.2, 0.25) is 0 Å². The highest BCUT2D eigenvalue weighted by Gasteiger charge is 2.47. The summed E-state index contributed by atoms with van der Waals surface area (Å²) in [5.74, 6) is 0.776. The molecular formula is C29H33N3O. The molecule has 170 valence electrons. The van der Waals surface area contributed by atoms with E-state index in [0.717, 1.165) is 51.9 Å². The minimum absolute atomic E-state index is 0.137. The molecule has 2 aliphatic heterocycles. The predicted molar refractivity (Wildman–Crippen MR) is 132 cm³/mol. The summed E-state index contributed by atoms with van der Waals surface area (Å²) in [7, 11) is 0. The zero-order valence-electron chi connectivity index (χ0n) is 19.3. The monoisotopic (exact) mass is 439 g/mol. The molecule has 0 unspecified atom stereocenters. The maximum atomic E-state index is 13.3. The summed E-state index contributed by atoms with van der Waals surface area (Å²) in [5.41, 5.74) is 3.80. The lowest BCUT2D eigenvalue weighted by atomic mass is 9.77. The number of hydrogen-bond donors (Lipinski definition) is 0. The summed E-state index contributed by atoms with van der Waals surface area (Å²) in [6.45, 7) is 4.70. The number of aromatic nitrogens is 1. The zero-order chi connectivity index (χ0) is 22.5. The van der Waals surface area contributed by atoms with Crippen LogP contribution in [0.15, 0.2) is 85.2 Å². The van der Waals surface area contributed by atoms with Gasteiger partial charge in [-0.05, 0) is 74.1 Å². The first kappa shape index (κ1) is 21.8. The van der Waals surface area contributed by atoms with E-state index in [1.54, 1.807) is 0 Å². The number of amides is 1. The highest BCUT2D eigenvalue weighted by atomic mass is 16.2. The maximum absolute atomic E-state index is 13.3. The van der Waals surface area contributed by atoms with Crippen LogP contribution in [0.5, 0.6) is 0 Å². The van der Waals surface area contributed by atoms with Crippen molar-refractivity contribution < 1.29 is 4.79 Å². The van der Waals surface area contributed by atoms with Gasteiger partial charge in [-0.3, -0.25) is 9.78 Å². The van der Waals surface area contributed by atoms with Gasteiger partial charge in [-0.25, -0.2) is 0 Å². The molecule has 1 amide bonds. The lowest BCUT2D eigenvalue weighted by Gasteiger charge is -2.38. The van der Waals surface area contributed by atoms with Gasteiger partial charge in [0.25, 0.3) is 0 Å². The summed E-state index contributed by atoms with van der Waals surface area (Å²) in [4.78, 5) is 22.0. The van der Waals surface area contributed by atoms with Gasteiger partial charge in [0.05, 0.1) is 5.41 Å². The minimum atomic E-state index is -0.137. The molecule has 33 heavy (non-hydrogen) atoms. The molecule has 5 rings (SSSR count). The average molecular weight is 440 g/mol. The van der Waals surface area contributed by atoms with E-state index in [2.05, 4.69) is 75.4 Å². The Morgan fingerprint density at radius 1 is 0.788 bits per heavy atom.